The van der Waals surface area contributed by atoms with E-state index >= 15 is 0 Å². The Kier molecular flexibility index (Phi) is 4.01. The van der Waals surface area contributed by atoms with Gasteiger partial charge in [-0.25, -0.2) is 4.79 Å². The summed E-state index contributed by atoms with van der Waals surface area (Å²) in [6, 6.07) is 7.01. The molecule has 5 nitrogen and oxygen atoms in total. The average Bonchev–Trinajstić information content (AvgIpc) is 2.39. The molecule has 0 fully saturated rings. The van der Waals surface area contributed by atoms with E-state index in [1.165, 1.54) is 12.4 Å². The fourth-order valence-electron chi connectivity index (χ4n) is 1.57. The maximum Gasteiger partial charge on any atom is 0.339 e. The monoisotopic (exact) mass is 322 g/mol. The molecule has 0 amide bonds. The fourth-order valence-corrected chi connectivity index (χ4v) is 2.11. The Morgan fingerprint density at radius 3 is 2.84 bits per heavy atom. The van der Waals surface area contributed by atoms with Crippen molar-refractivity contribution in [2.24, 2.45) is 0 Å². The second-order valence-electron chi connectivity index (χ2n) is 3.70. The molecule has 2 N–H and O–H groups in total. The highest BCUT2D eigenvalue weighted by Crippen LogP contribution is 2.29. The number of carboxylic acid groups (broad SMARTS) is 1. The minimum absolute atomic E-state index is 0.120. The van der Waals surface area contributed by atoms with Crippen LogP contribution < -0.4 is 10.1 Å². The van der Waals surface area contributed by atoms with Crippen molar-refractivity contribution in [3.63, 3.8) is 0 Å². The number of benzene rings is 1. The van der Waals surface area contributed by atoms with Gasteiger partial charge in [-0.3, -0.25) is 4.98 Å². The van der Waals surface area contributed by atoms with Gasteiger partial charge in [-0.15, -0.1) is 0 Å². The Labute approximate surface area is 118 Å². The molecule has 0 unspecified atom stereocenters. The topological polar surface area (TPSA) is 71.5 Å². The van der Waals surface area contributed by atoms with Gasteiger partial charge in [0.05, 0.1) is 17.3 Å². The Balaban J connectivity index is 2.31. The summed E-state index contributed by atoms with van der Waals surface area (Å²) in [6.07, 6.45) is 2.84. The summed E-state index contributed by atoms with van der Waals surface area (Å²) in [5.41, 5.74) is 1.36. The first-order valence-corrected chi connectivity index (χ1v) is 6.19. The standard InChI is InChI=1S/C13H11BrN2O3/c1-19-12-3-2-8(6-10(12)14)16-11-4-5-15-7-9(11)13(17)18/h2-7H,1H3,(H,15,16)(H,17,18). The van der Waals surface area contributed by atoms with Crippen molar-refractivity contribution in [1.82, 2.24) is 4.98 Å². The number of pyridine rings is 1. The second kappa shape index (κ2) is 5.71. The van der Waals surface area contributed by atoms with Crippen LogP contribution in [-0.2, 0) is 0 Å². The Morgan fingerprint density at radius 1 is 1.42 bits per heavy atom. The zero-order chi connectivity index (χ0) is 13.8. The number of aromatic nitrogens is 1. The predicted octanol–water partition coefficient (Wildman–Crippen LogP) is 3.29. The Bertz CT molecular complexity index is 617. The van der Waals surface area contributed by atoms with Crippen LogP contribution in [-0.4, -0.2) is 23.2 Å². The SMILES string of the molecule is COc1ccc(Nc2ccncc2C(=O)O)cc1Br. The molecule has 2 rings (SSSR count). The lowest BCUT2D eigenvalue weighted by atomic mass is 10.2. The van der Waals surface area contributed by atoms with Crippen LogP contribution in [0.1, 0.15) is 10.4 Å². The maximum atomic E-state index is 11.1. The van der Waals surface area contributed by atoms with E-state index in [-0.39, 0.29) is 5.56 Å². The van der Waals surface area contributed by atoms with Crippen molar-refractivity contribution in [2.75, 3.05) is 12.4 Å². The predicted molar refractivity (Wildman–Crippen MR) is 75.2 cm³/mol. The number of hydrogen-bond acceptors (Lipinski definition) is 4. The quantitative estimate of drug-likeness (QED) is 0.903. The van der Waals surface area contributed by atoms with Crippen molar-refractivity contribution in [1.29, 1.82) is 0 Å². The van der Waals surface area contributed by atoms with E-state index in [2.05, 4.69) is 26.2 Å². The molecule has 0 radical (unpaired) electrons. The van der Waals surface area contributed by atoms with Crippen LogP contribution in [0.15, 0.2) is 41.1 Å². The average molecular weight is 323 g/mol. The number of nitrogens with one attached hydrogen (secondary N) is 1. The summed E-state index contributed by atoms with van der Waals surface area (Å²) in [6.45, 7) is 0. The Hall–Kier alpha value is -2.08. The molecule has 6 heteroatoms. The smallest absolute Gasteiger partial charge is 0.339 e. The molecule has 1 heterocycles. The van der Waals surface area contributed by atoms with Gasteiger partial charge < -0.3 is 15.2 Å². The number of anilines is 2. The molecule has 1 aromatic heterocycles. The number of hydrogen-bond donors (Lipinski definition) is 2. The van der Waals surface area contributed by atoms with Gasteiger partial charge in [-0.05, 0) is 40.2 Å². The van der Waals surface area contributed by atoms with Crippen LogP contribution >= 0.6 is 15.9 Å². The molecule has 1 aromatic carbocycles. The number of aromatic carboxylic acids is 1. The van der Waals surface area contributed by atoms with Crippen molar-refractivity contribution in [3.8, 4) is 5.75 Å². The number of ether oxygens (including phenoxy) is 1. The van der Waals surface area contributed by atoms with E-state index in [0.717, 1.165) is 10.2 Å². The van der Waals surface area contributed by atoms with Crippen LogP contribution in [0.2, 0.25) is 0 Å². The molecule has 0 aliphatic heterocycles. The zero-order valence-electron chi connectivity index (χ0n) is 10.1. The number of carbonyl (C=O) groups is 1. The highest BCUT2D eigenvalue weighted by molar-refractivity contribution is 9.10. The number of halogens is 1. The summed E-state index contributed by atoms with van der Waals surface area (Å²) >= 11 is 3.37. The van der Waals surface area contributed by atoms with Gasteiger partial charge in [0.1, 0.15) is 11.3 Å². The molecular formula is C13H11BrN2O3. The largest absolute Gasteiger partial charge is 0.496 e. The summed E-state index contributed by atoms with van der Waals surface area (Å²) in [4.78, 5) is 14.9. The molecule has 0 atom stereocenters. The lowest BCUT2D eigenvalue weighted by Gasteiger charge is -2.10. The molecule has 0 bridgehead atoms. The van der Waals surface area contributed by atoms with Crippen LogP contribution in [0, 0.1) is 0 Å². The van der Waals surface area contributed by atoms with Crippen molar-refractivity contribution in [2.45, 2.75) is 0 Å². The summed E-state index contributed by atoms with van der Waals surface area (Å²) in [7, 11) is 1.58. The molecule has 0 saturated heterocycles. The van der Waals surface area contributed by atoms with Crippen LogP contribution in [0.3, 0.4) is 0 Å². The lowest BCUT2D eigenvalue weighted by Crippen LogP contribution is -2.03. The second-order valence-corrected chi connectivity index (χ2v) is 4.56. The van der Waals surface area contributed by atoms with Crippen LogP contribution in [0.25, 0.3) is 0 Å². The number of methoxy groups -OCH3 is 1. The van der Waals surface area contributed by atoms with Crippen molar-refractivity contribution in [3.05, 3.63) is 46.7 Å². The minimum Gasteiger partial charge on any atom is -0.496 e. The van der Waals surface area contributed by atoms with E-state index in [1.54, 1.807) is 25.3 Å². The van der Waals surface area contributed by atoms with E-state index in [9.17, 15) is 4.79 Å². The van der Waals surface area contributed by atoms with Crippen molar-refractivity contribution >= 4 is 33.3 Å². The molecule has 0 aliphatic carbocycles. The van der Waals surface area contributed by atoms with Gasteiger partial charge in [0.25, 0.3) is 0 Å². The Morgan fingerprint density at radius 2 is 2.21 bits per heavy atom. The van der Waals surface area contributed by atoms with E-state index < -0.39 is 5.97 Å². The first-order chi connectivity index (χ1) is 9.11. The first-order valence-electron chi connectivity index (χ1n) is 5.39. The zero-order valence-corrected chi connectivity index (χ0v) is 11.6. The third-order valence-corrected chi connectivity index (χ3v) is 3.10. The molecule has 0 spiro atoms. The number of nitrogens with zero attached hydrogens (tertiary/aromatic N) is 1. The van der Waals surface area contributed by atoms with Gasteiger partial charge in [0.2, 0.25) is 0 Å². The van der Waals surface area contributed by atoms with Gasteiger partial charge in [0, 0.05) is 18.1 Å². The first kappa shape index (κ1) is 13.4. The summed E-state index contributed by atoms with van der Waals surface area (Å²) in [5.74, 6) is -0.318. The lowest BCUT2D eigenvalue weighted by molar-refractivity contribution is 0.0697. The van der Waals surface area contributed by atoms with Gasteiger partial charge >= 0.3 is 5.97 Å². The third kappa shape index (κ3) is 3.03. The third-order valence-electron chi connectivity index (χ3n) is 2.48. The van der Waals surface area contributed by atoms with E-state index in [0.29, 0.717) is 11.4 Å². The maximum absolute atomic E-state index is 11.1. The molecule has 2 aromatic rings. The van der Waals surface area contributed by atoms with Gasteiger partial charge in [-0.2, -0.15) is 0 Å². The molecule has 98 valence electrons. The highest BCUT2D eigenvalue weighted by Gasteiger charge is 2.10. The summed E-state index contributed by atoms with van der Waals surface area (Å²) < 4.78 is 5.92. The van der Waals surface area contributed by atoms with Crippen LogP contribution in [0.4, 0.5) is 11.4 Å². The van der Waals surface area contributed by atoms with E-state index in [1.807, 2.05) is 6.07 Å². The van der Waals surface area contributed by atoms with E-state index in [4.69, 9.17) is 9.84 Å². The highest BCUT2D eigenvalue weighted by atomic mass is 79.9. The normalized spacial score (nSPS) is 10.0. The molecular weight excluding hydrogens is 312 g/mol. The van der Waals surface area contributed by atoms with Crippen LogP contribution in [0.5, 0.6) is 5.75 Å². The number of rotatable bonds is 4. The number of carboxylic acids is 1. The summed E-state index contributed by atoms with van der Waals surface area (Å²) in [5, 5.41) is 12.1. The molecule has 0 saturated carbocycles. The molecule has 19 heavy (non-hydrogen) atoms. The molecule has 0 aliphatic rings. The van der Waals surface area contributed by atoms with Gasteiger partial charge in [0.15, 0.2) is 0 Å². The minimum atomic E-state index is -1.02. The van der Waals surface area contributed by atoms with Gasteiger partial charge in [-0.1, -0.05) is 0 Å². The van der Waals surface area contributed by atoms with Crippen molar-refractivity contribution < 1.29 is 14.6 Å². The fraction of sp³-hybridized carbons (Fsp3) is 0.0769.